The molecule has 0 aromatic heterocycles. The molecular weight excluding hydrogens is 398 g/mol. The van der Waals surface area contributed by atoms with Gasteiger partial charge in [0.25, 0.3) is 5.69 Å². The SMILES string of the molecule is COc1ccc([N+](=O)[O-])cc1NC(=O)C1CCN(S(=O)(=O)c2ccccc2)CC1. The van der Waals surface area contributed by atoms with Crippen molar-refractivity contribution in [3.8, 4) is 5.75 Å². The van der Waals surface area contributed by atoms with E-state index in [9.17, 15) is 23.3 Å². The number of nitro groups is 1. The molecule has 10 heteroatoms. The summed E-state index contributed by atoms with van der Waals surface area (Å²) in [6, 6.07) is 12.1. The van der Waals surface area contributed by atoms with Crippen molar-refractivity contribution >= 4 is 27.3 Å². The smallest absolute Gasteiger partial charge is 0.271 e. The Bertz CT molecular complexity index is 1000. The van der Waals surface area contributed by atoms with E-state index in [2.05, 4.69) is 5.32 Å². The Labute approximate surface area is 168 Å². The molecule has 2 aromatic carbocycles. The molecule has 29 heavy (non-hydrogen) atoms. The van der Waals surface area contributed by atoms with E-state index < -0.39 is 20.9 Å². The molecule has 1 heterocycles. The summed E-state index contributed by atoms with van der Waals surface area (Å²) in [6.45, 7) is 0.447. The van der Waals surface area contributed by atoms with E-state index in [0.717, 1.165) is 0 Å². The molecule has 9 nitrogen and oxygen atoms in total. The molecule has 0 radical (unpaired) electrons. The van der Waals surface area contributed by atoms with Crippen molar-refractivity contribution < 1.29 is 22.9 Å². The maximum Gasteiger partial charge on any atom is 0.271 e. The first-order chi connectivity index (χ1) is 13.8. The molecule has 3 rings (SSSR count). The number of amides is 1. The van der Waals surface area contributed by atoms with Gasteiger partial charge < -0.3 is 10.1 Å². The number of carbonyl (C=O) groups is 1. The van der Waals surface area contributed by atoms with Crippen LogP contribution in [0.5, 0.6) is 5.75 Å². The molecule has 0 saturated carbocycles. The largest absolute Gasteiger partial charge is 0.495 e. The van der Waals surface area contributed by atoms with Gasteiger partial charge in [0.05, 0.1) is 22.6 Å². The number of anilines is 1. The Morgan fingerprint density at radius 2 is 1.83 bits per heavy atom. The van der Waals surface area contributed by atoms with Crippen molar-refractivity contribution in [1.82, 2.24) is 4.31 Å². The number of piperidine rings is 1. The van der Waals surface area contributed by atoms with Crippen LogP contribution >= 0.6 is 0 Å². The number of hydrogen-bond donors (Lipinski definition) is 1. The number of rotatable bonds is 6. The van der Waals surface area contributed by atoms with Crippen LogP contribution in [-0.2, 0) is 14.8 Å². The minimum absolute atomic E-state index is 0.162. The van der Waals surface area contributed by atoms with E-state index in [0.29, 0.717) is 18.6 Å². The fourth-order valence-corrected chi connectivity index (χ4v) is 4.73. The highest BCUT2D eigenvalue weighted by Crippen LogP contribution is 2.31. The van der Waals surface area contributed by atoms with E-state index in [1.807, 2.05) is 0 Å². The van der Waals surface area contributed by atoms with Crippen molar-refractivity contribution in [3.05, 3.63) is 58.6 Å². The summed E-state index contributed by atoms with van der Waals surface area (Å²) in [6.07, 6.45) is 0.713. The molecule has 154 valence electrons. The van der Waals surface area contributed by atoms with Crippen molar-refractivity contribution in [2.24, 2.45) is 5.92 Å². The van der Waals surface area contributed by atoms with Gasteiger partial charge >= 0.3 is 0 Å². The van der Waals surface area contributed by atoms with Crippen molar-refractivity contribution in [2.45, 2.75) is 17.7 Å². The first kappa shape index (κ1) is 20.7. The van der Waals surface area contributed by atoms with Gasteiger partial charge in [-0.3, -0.25) is 14.9 Å². The van der Waals surface area contributed by atoms with Gasteiger partial charge in [-0.1, -0.05) is 18.2 Å². The standard InChI is InChI=1S/C19H21N3O6S/c1-28-18-8-7-15(22(24)25)13-17(18)20-19(23)14-9-11-21(12-10-14)29(26,27)16-5-3-2-4-6-16/h2-8,13-14H,9-12H2,1H3,(H,20,23). The molecule has 1 fully saturated rings. The zero-order chi connectivity index (χ0) is 21.0. The average Bonchev–Trinajstić information content (AvgIpc) is 2.74. The van der Waals surface area contributed by atoms with E-state index in [1.54, 1.807) is 30.3 Å². The van der Waals surface area contributed by atoms with Crippen LogP contribution in [-0.4, -0.2) is 43.8 Å². The Morgan fingerprint density at radius 1 is 1.17 bits per heavy atom. The molecule has 1 aliphatic heterocycles. The summed E-state index contributed by atoms with van der Waals surface area (Å²) in [7, 11) is -2.18. The normalized spacial score (nSPS) is 15.6. The minimum atomic E-state index is -3.59. The fourth-order valence-electron chi connectivity index (χ4n) is 3.24. The zero-order valence-corrected chi connectivity index (χ0v) is 16.6. The maximum atomic E-state index is 12.7. The van der Waals surface area contributed by atoms with E-state index in [-0.39, 0.29) is 35.3 Å². The van der Waals surface area contributed by atoms with E-state index in [4.69, 9.17) is 4.74 Å². The third kappa shape index (κ3) is 4.54. The second-order valence-electron chi connectivity index (χ2n) is 6.62. The Kier molecular flexibility index (Phi) is 6.14. The monoisotopic (exact) mass is 419 g/mol. The van der Waals surface area contributed by atoms with Gasteiger partial charge in [-0.05, 0) is 31.0 Å². The molecular formula is C19H21N3O6S. The third-order valence-corrected chi connectivity index (χ3v) is 6.77. The lowest BCUT2D eigenvalue weighted by molar-refractivity contribution is -0.384. The highest BCUT2D eigenvalue weighted by atomic mass is 32.2. The van der Waals surface area contributed by atoms with Crippen LogP contribution in [0.15, 0.2) is 53.4 Å². The van der Waals surface area contributed by atoms with Crippen LogP contribution in [0.1, 0.15) is 12.8 Å². The molecule has 2 aromatic rings. The molecule has 0 unspecified atom stereocenters. The number of nitrogens with one attached hydrogen (secondary N) is 1. The van der Waals surface area contributed by atoms with Crippen molar-refractivity contribution in [2.75, 3.05) is 25.5 Å². The summed E-state index contributed by atoms with van der Waals surface area (Å²) in [5, 5.41) is 13.7. The number of nitrogens with zero attached hydrogens (tertiary/aromatic N) is 2. The molecule has 1 N–H and O–H groups in total. The van der Waals surface area contributed by atoms with Gasteiger partial charge in [0.15, 0.2) is 0 Å². The van der Waals surface area contributed by atoms with Crippen LogP contribution in [0.3, 0.4) is 0 Å². The number of ether oxygens (including phenoxy) is 1. The second-order valence-corrected chi connectivity index (χ2v) is 8.56. The van der Waals surface area contributed by atoms with Gasteiger partial charge in [0.2, 0.25) is 15.9 Å². The Balaban J connectivity index is 1.67. The number of hydrogen-bond acceptors (Lipinski definition) is 6. The summed E-state index contributed by atoms with van der Waals surface area (Å²) < 4.78 is 31.9. The number of sulfonamides is 1. The van der Waals surface area contributed by atoms with Crippen molar-refractivity contribution in [1.29, 1.82) is 0 Å². The molecule has 0 bridgehead atoms. The summed E-state index contributed by atoms with van der Waals surface area (Å²) in [5.41, 5.74) is 0.0518. The second kappa shape index (κ2) is 8.58. The molecule has 0 atom stereocenters. The van der Waals surface area contributed by atoms with Gasteiger partial charge in [-0.15, -0.1) is 0 Å². The average molecular weight is 419 g/mol. The quantitative estimate of drug-likeness (QED) is 0.568. The van der Waals surface area contributed by atoms with E-state index in [1.165, 1.54) is 29.6 Å². The predicted octanol–water partition coefficient (Wildman–Crippen LogP) is 2.64. The lowest BCUT2D eigenvalue weighted by atomic mass is 9.97. The highest BCUT2D eigenvalue weighted by Gasteiger charge is 2.32. The van der Waals surface area contributed by atoms with Crippen LogP contribution < -0.4 is 10.1 Å². The van der Waals surface area contributed by atoms with Crippen LogP contribution in [0.2, 0.25) is 0 Å². The maximum absolute atomic E-state index is 12.7. The fraction of sp³-hybridized carbons (Fsp3) is 0.316. The number of carbonyl (C=O) groups excluding carboxylic acids is 1. The van der Waals surface area contributed by atoms with Gasteiger partial charge in [0.1, 0.15) is 5.75 Å². The molecule has 1 amide bonds. The molecule has 1 saturated heterocycles. The highest BCUT2D eigenvalue weighted by molar-refractivity contribution is 7.89. The van der Waals surface area contributed by atoms with Gasteiger partial charge in [0, 0.05) is 31.1 Å². The molecule has 1 aliphatic rings. The summed E-state index contributed by atoms with van der Waals surface area (Å²) >= 11 is 0. The minimum Gasteiger partial charge on any atom is -0.495 e. The number of non-ortho nitro benzene ring substituents is 1. The van der Waals surface area contributed by atoms with Crippen LogP contribution in [0.25, 0.3) is 0 Å². The zero-order valence-electron chi connectivity index (χ0n) is 15.8. The number of methoxy groups -OCH3 is 1. The number of benzene rings is 2. The van der Waals surface area contributed by atoms with Gasteiger partial charge in [-0.25, -0.2) is 8.42 Å². The first-order valence-corrected chi connectivity index (χ1v) is 10.5. The van der Waals surface area contributed by atoms with Crippen LogP contribution in [0.4, 0.5) is 11.4 Å². The summed E-state index contributed by atoms with van der Waals surface area (Å²) in [4.78, 5) is 23.3. The predicted molar refractivity (Wildman–Crippen MR) is 106 cm³/mol. The lowest BCUT2D eigenvalue weighted by Crippen LogP contribution is -2.41. The van der Waals surface area contributed by atoms with Crippen molar-refractivity contribution in [3.63, 3.8) is 0 Å². The lowest BCUT2D eigenvalue weighted by Gasteiger charge is -2.30. The molecule has 0 aliphatic carbocycles. The first-order valence-electron chi connectivity index (χ1n) is 9.01. The third-order valence-electron chi connectivity index (χ3n) is 4.86. The van der Waals surface area contributed by atoms with E-state index >= 15 is 0 Å². The Hall–Kier alpha value is -2.98. The summed E-state index contributed by atoms with van der Waals surface area (Å²) in [5.74, 6) is -0.408. The van der Waals surface area contributed by atoms with Gasteiger partial charge in [-0.2, -0.15) is 4.31 Å². The topological polar surface area (TPSA) is 119 Å². The van der Waals surface area contributed by atoms with Crippen LogP contribution in [0, 0.1) is 16.0 Å². The molecule has 0 spiro atoms. The number of nitro benzene ring substituents is 1. The Morgan fingerprint density at radius 3 is 2.41 bits per heavy atom.